The first-order chi connectivity index (χ1) is 11.0. The van der Waals surface area contributed by atoms with E-state index in [1.165, 1.54) is 11.3 Å². The lowest BCUT2D eigenvalue weighted by Gasteiger charge is -2.14. The van der Waals surface area contributed by atoms with E-state index < -0.39 is 21.0 Å². The molecule has 1 saturated heterocycles. The predicted molar refractivity (Wildman–Crippen MR) is 81.6 cm³/mol. The van der Waals surface area contributed by atoms with Gasteiger partial charge < -0.3 is 10.1 Å². The number of hydrogen-bond acceptors (Lipinski definition) is 6. The van der Waals surface area contributed by atoms with Crippen LogP contribution in [-0.2, 0) is 19.4 Å². The van der Waals surface area contributed by atoms with Crippen molar-refractivity contribution in [2.45, 2.75) is 36.3 Å². The molecule has 0 aromatic carbocycles. The number of carbonyl (C=O) groups is 1. The van der Waals surface area contributed by atoms with Gasteiger partial charge in [-0.05, 0) is 31.9 Å². The van der Waals surface area contributed by atoms with Gasteiger partial charge in [-0.1, -0.05) is 6.07 Å². The summed E-state index contributed by atoms with van der Waals surface area (Å²) in [6, 6.07) is 5.06. The lowest BCUT2D eigenvalue weighted by Crippen LogP contribution is -2.41. The Balaban J connectivity index is 1.76. The van der Waals surface area contributed by atoms with Gasteiger partial charge in [0.2, 0.25) is 15.7 Å². The van der Waals surface area contributed by atoms with Gasteiger partial charge in [-0.2, -0.15) is 0 Å². The molecule has 2 unspecified atom stereocenters. The van der Waals surface area contributed by atoms with Gasteiger partial charge in [-0.15, -0.1) is 10.2 Å². The van der Waals surface area contributed by atoms with Crippen LogP contribution in [0, 0.1) is 0 Å². The largest absolute Gasteiger partial charge is 0.376 e. The minimum Gasteiger partial charge on any atom is -0.376 e. The second-order valence-electron chi connectivity index (χ2n) is 5.48. The molecule has 1 aliphatic rings. The van der Waals surface area contributed by atoms with Gasteiger partial charge >= 0.3 is 0 Å². The number of aromatic nitrogens is 3. The normalized spacial score (nSPS) is 19.8. The molecule has 1 fully saturated rings. The predicted octanol–water partition coefficient (Wildman–Crippen LogP) is 0.187. The van der Waals surface area contributed by atoms with Crippen LogP contribution in [-0.4, -0.2) is 53.4 Å². The van der Waals surface area contributed by atoms with Gasteiger partial charge in [-0.25, -0.2) is 8.42 Å². The van der Waals surface area contributed by atoms with E-state index in [0.717, 1.165) is 12.8 Å². The molecule has 3 rings (SSSR count). The molecular weight excluding hydrogens is 320 g/mol. The van der Waals surface area contributed by atoms with E-state index in [1.54, 1.807) is 24.4 Å². The standard InChI is InChI=1S/C14H18N4O4S/c1-10(13(19)15-9-11-5-4-8-22-11)23(20,21)14-17-16-12-6-2-3-7-18(12)14/h2-3,6-7,10-11H,4-5,8-9H2,1H3,(H,15,19). The molecule has 0 bridgehead atoms. The number of carbonyl (C=O) groups excluding carboxylic acids is 1. The summed E-state index contributed by atoms with van der Waals surface area (Å²) in [5.41, 5.74) is 0.415. The second kappa shape index (κ2) is 6.25. The summed E-state index contributed by atoms with van der Waals surface area (Å²) >= 11 is 0. The van der Waals surface area contributed by atoms with Crippen LogP contribution >= 0.6 is 0 Å². The number of ether oxygens (including phenoxy) is 1. The highest BCUT2D eigenvalue weighted by Gasteiger charge is 2.34. The van der Waals surface area contributed by atoms with Crippen molar-refractivity contribution >= 4 is 21.4 Å². The Morgan fingerprint density at radius 1 is 1.48 bits per heavy atom. The van der Waals surface area contributed by atoms with Crippen LogP contribution in [0.5, 0.6) is 0 Å². The number of amides is 1. The summed E-state index contributed by atoms with van der Waals surface area (Å²) in [6.07, 6.45) is 3.35. The van der Waals surface area contributed by atoms with E-state index in [1.807, 2.05) is 0 Å². The van der Waals surface area contributed by atoms with Crippen molar-refractivity contribution in [1.82, 2.24) is 19.9 Å². The van der Waals surface area contributed by atoms with E-state index in [9.17, 15) is 13.2 Å². The van der Waals surface area contributed by atoms with Crippen molar-refractivity contribution in [1.29, 1.82) is 0 Å². The highest BCUT2D eigenvalue weighted by Crippen LogP contribution is 2.16. The Morgan fingerprint density at radius 2 is 2.30 bits per heavy atom. The van der Waals surface area contributed by atoms with Gasteiger partial charge in [0, 0.05) is 19.3 Å². The fourth-order valence-electron chi connectivity index (χ4n) is 2.48. The Bertz CT molecular complexity index is 811. The molecule has 2 aromatic rings. The molecule has 3 heterocycles. The lowest BCUT2D eigenvalue weighted by atomic mass is 10.2. The average Bonchev–Trinajstić information content (AvgIpc) is 3.21. The van der Waals surface area contributed by atoms with Crippen LogP contribution in [0.1, 0.15) is 19.8 Å². The minimum absolute atomic E-state index is 0.0391. The molecule has 0 spiro atoms. The Morgan fingerprint density at radius 3 is 3.04 bits per heavy atom. The zero-order valence-electron chi connectivity index (χ0n) is 12.7. The van der Waals surface area contributed by atoms with Gasteiger partial charge in [0.15, 0.2) is 5.65 Å². The van der Waals surface area contributed by atoms with Gasteiger partial charge in [0.25, 0.3) is 5.16 Å². The molecule has 0 radical (unpaired) electrons. The summed E-state index contributed by atoms with van der Waals surface area (Å²) < 4.78 is 32.0. The second-order valence-corrected chi connectivity index (χ2v) is 7.64. The van der Waals surface area contributed by atoms with Gasteiger partial charge in [-0.3, -0.25) is 9.20 Å². The van der Waals surface area contributed by atoms with Gasteiger partial charge in [0.1, 0.15) is 5.25 Å². The van der Waals surface area contributed by atoms with Crippen molar-refractivity contribution in [3.05, 3.63) is 24.4 Å². The highest BCUT2D eigenvalue weighted by molar-refractivity contribution is 7.92. The summed E-state index contributed by atoms with van der Waals surface area (Å²) in [6.45, 7) is 2.35. The maximum Gasteiger partial charge on any atom is 0.254 e. The van der Waals surface area contributed by atoms with Crippen molar-refractivity contribution in [2.75, 3.05) is 13.2 Å². The topological polar surface area (TPSA) is 103 Å². The smallest absolute Gasteiger partial charge is 0.254 e. The number of nitrogens with one attached hydrogen (secondary N) is 1. The Labute approximate surface area is 133 Å². The molecule has 1 amide bonds. The van der Waals surface area contributed by atoms with Crippen LogP contribution in [0.4, 0.5) is 0 Å². The molecular formula is C14H18N4O4S. The summed E-state index contributed by atoms with van der Waals surface area (Å²) in [7, 11) is -3.93. The minimum atomic E-state index is -3.93. The fourth-order valence-corrected chi connectivity index (χ4v) is 3.74. The fraction of sp³-hybridized carbons (Fsp3) is 0.500. The number of sulfone groups is 1. The average molecular weight is 338 g/mol. The number of nitrogens with zero attached hydrogens (tertiary/aromatic N) is 3. The number of fused-ring (bicyclic) bond motifs is 1. The van der Waals surface area contributed by atoms with Crippen molar-refractivity contribution in [3.63, 3.8) is 0 Å². The third-order valence-corrected chi connectivity index (χ3v) is 5.83. The Hall–Kier alpha value is -2.00. The van der Waals surface area contributed by atoms with Crippen LogP contribution < -0.4 is 5.32 Å². The van der Waals surface area contributed by atoms with E-state index in [4.69, 9.17) is 4.74 Å². The highest BCUT2D eigenvalue weighted by atomic mass is 32.2. The molecule has 0 aliphatic carbocycles. The maximum atomic E-state index is 12.6. The number of pyridine rings is 1. The van der Waals surface area contributed by atoms with Gasteiger partial charge in [0.05, 0.1) is 6.10 Å². The van der Waals surface area contributed by atoms with Crippen molar-refractivity contribution in [2.24, 2.45) is 0 Å². The maximum absolute atomic E-state index is 12.6. The van der Waals surface area contributed by atoms with Crippen molar-refractivity contribution < 1.29 is 17.9 Å². The number of rotatable bonds is 5. The summed E-state index contributed by atoms with van der Waals surface area (Å²) in [5, 5.41) is 8.70. The molecule has 0 saturated carbocycles. The first kappa shape index (κ1) is 15.9. The quantitative estimate of drug-likeness (QED) is 0.835. The number of hydrogen-bond donors (Lipinski definition) is 1. The van der Waals surface area contributed by atoms with E-state index in [2.05, 4.69) is 15.5 Å². The lowest BCUT2D eigenvalue weighted by molar-refractivity contribution is -0.120. The monoisotopic (exact) mass is 338 g/mol. The van der Waals surface area contributed by atoms with Crippen LogP contribution in [0.3, 0.4) is 0 Å². The van der Waals surface area contributed by atoms with Crippen molar-refractivity contribution in [3.8, 4) is 0 Å². The van der Waals surface area contributed by atoms with Crippen LogP contribution in [0.2, 0.25) is 0 Å². The summed E-state index contributed by atoms with van der Waals surface area (Å²) in [5.74, 6) is -0.562. The van der Waals surface area contributed by atoms with E-state index >= 15 is 0 Å². The third-order valence-electron chi connectivity index (χ3n) is 3.90. The molecule has 8 nitrogen and oxygen atoms in total. The van der Waals surface area contributed by atoms with E-state index in [0.29, 0.717) is 18.8 Å². The first-order valence-corrected chi connectivity index (χ1v) is 8.98. The van der Waals surface area contributed by atoms with Crippen LogP contribution in [0.25, 0.3) is 5.65 Å². The molecule has 1 aliphatic heterocycles. The van der Waals surface area contributed by atoms with E-state index in [-0.39, 0.29) is 11.3 Å². The zero-order chi connectivity index (χ0) is 16.4. The van der Waals surface area contributed by atoms with Crippen LogP contribution in [0.15, 0.2) is 29.6 Å². The molecule has 9 heteroatoms. The molecule has 23 heavy (non-hydrogen) atoms. The molecule has 2 aromatic heterocycles. The Kier molecular flexibility index (Phi) is 4.31. The molecule has 2 atom stereocenters. The zero-order valence-corrected chi connectivity index (χ0v) is 13.5. The summed E-state index contributed by atoms with van der Waals surface area (Å²) in [4.78, 5) is 12.2. The molecule has 1 N–H and O–H groups in total. The first-order valence-electron chi connectivity index (χ1n) is 7.43. The third kappa shape index (κ3) is 3.06. The molecule has 124 valence electrons. The SMILES string of the molecule is CC(C(=O)NCC1CCCO1)S(=O)(=O)c1nnc2ccccn12.